The maximum absolute atomic E-state index is 13.0. The highest BCUT2D eigenvalue weighted by atomic mass is 16.3. The van der Waals surface area contributed by atoms with Crippen LogP contribution in [-0.2, 0) is 11.2 Å². The van der Waals surface area contributed by atoms with Crippen LogP contribution in [0.25, 0.3) is 0 Å². The first-order chi connectivity index (χ1) is 13.2. The predicted molar refractivity (Wildman–Crippen MR) is 104 cm³/mol. The first-order valence-corrected chi connectivity index (χ1v) is 9.91. The van der Waals surface area contributed by atoms with Gasteiger partial charge in [-0.15, -0.1) is 0 Å². The van der Waals surface area contributed by atoms with E-state index >= 15 is 0 Å². The monoisotopic (exact) mass is 368 g/mol. The van der Waals surface area contributed by atoms with Gasteiger partial charge < -0.3 is 15.1 Å². The average molecular weight is 368 g/mol. The van der Waals surface area contributed by atoms with Crippen molar-refractivity contribution >= 4 is 11.8 Å². The van der Waals surface area contributed by atoms with Crippen LogP contribution in [0.4, 0.5) is 0 Å². The summed E-state index contributed by atoms with van der Waals surface area (Å²) >= 11 is 0. The standard InChI is InChI=1S/C22H28N2O3/c25-21(23-18-12-7-2-1-3-8-13-18)19(16-17-10-5-4-6-11-17)24-22(26)20-14-9-15-27-20/h4-6,9-11,14-15,18-19H,1-3,7-8,12-13,16H2,(H,23,25)(H,24,26). The van der Waals surface area contributed by atoms with E-state index in [1.165, 1.54) is 25.5 Å². The van der Waals surface area contributed by atoms with Gasteiger partial charge in [0.25, 0.3) is 5.91 Å². The highest BCUT2D eigenvalue weighted by Gasteiger charge is 2.25. The van der Waals surface area contributed by atoms with Gasteiger partial charge in [0.15, 0.2) is 5.76 Å². The molecule has 0 bridgehead atoms. The van der Waals surface area contributed by atoms with Crippen molar-refractivity contribution in [3.8, 4) is 0 Å². The molecule has 1 fully saturated rings. The molecule has 2 amide bonds. The first-order valence-electron chi connectivity index (χ1n) is 9.91. The summed E-state index contributed by atoms with van der Waals surface area (Å²) in [6.07, 6.45) is 9.97. The van der Waals surface area contributed by atoms with Crippen LogP contribution in [0.1, 0.15) is 61.1 Å². The fourth-order valence-electron chi connectivity index (χ4n) is 3.60. The Morgan fingerprint density at radius 2 is 1.67 bits per heavy atom. The number of hydrogen-bond acceptors (Lipinski definition) is 3. The molecule has 0 saturated heterocycles. The highest BCUT2D eigenvalue weighted by Crippen LogP contribution is 2.17. The molecule has 5 heteroatoms. The van der Waals surface area contributed by atoms with Gasteiger partial charge in [-0.2, -0.15) is 0 Å². The minimum Gasteiger partial charge on any atom is -0.459 e. The Bertz CT molecular complexity index is 704. The molecule has 3 rings (SSSR count). The van der Waals surface area contributed by atoms with Crippen molar-refractivity contribution in [2.24, 2.45) is 0 Å². The molecule has 1 aliphatic carbocycles. The Morgan fingerprint density at radius 3 is 2.33 bits per heavy atom. The summed E-state index contributed by atoms with van der Waals surface area (Å²) < 4.78 is 5.16. The molecule has 1 unspecified atom stereocenters. The molecule has 1 aromatic heterocycles. The third kappa shape index (κ3) is 5.98. The molecule has 0 aliphatic heterocycles. The van der Waals surface area contributed by atoms with E-state index in [9.17, 15) is 9.59 Å². The van der Waals surface area contributed by atoms with Crippen molar-refractivity contribution in [2.75, 3.05) is 0 Å². The zero-order valence-electron chi connectivity index (χ0n) is 15.7. The van der Waals surface area contributed by atoms with E-state index in [1.54, 1.807) is 12.1 Å². The van der Waals surface area contributed by atoms with Gasteiger partial charge in [0.2, 0.25) is 5.91 Å². The molecule has 1 atom stereocenters. The van der Waals surface area contributed by atoms with Gasteiger partial charge in [-0.25, -0.2) is 0 Å². The van der Waals surface area contributed by atoms with Crippen LogP contribution >= 0.6 is 0 Å². The van der Waals surface area contributed by atoms with Crippen LogP contribution in [-0.4, -0.2) is 23.9 Å². The number of amides is 2. The van der Waals surface area contributed by atoms with E-state index < -0.39 is 6.04 Å². The van der Waals surface area contributed by atoms with Crippen LogP contribution in [0, 0.1) is 0 Å². The molecule has 5 nitrogen and oxygen atoms in total. The van der Waals surface area contributed by atoms with Crippen LogP contribution in [0.5, 0.6) is 0 Å². The summed E-state index contributed by atoms with van der Waals surface area (Å²) in [7, 11) is 0. The maximum Gasteiger partial charge on any atom is 0.287 e. The molecule has 1 heterocycles. The number of nitrogens with one attached hydrogen (secondary N) is 2. The third-order valence-electron chi connectivity index (χ3n) is 5.10. The van der Waals surface area contributed by atoms with Crippen molar-refractivity contribution in [3.05, 3.63) is 60.1 Å². The first kappa shape index (κ1) is 19.2. The minimum absolute atomic E-state index is 0.121. The van der Waals surface area contributed by atoms with Crippen LogP contribution in [0.15, 0.2) is 53.1 Å². The SMILES string of the molecule is O=C(NC(Cc1ccccc1)C(=O)NC1CCCCCCC1)c1ccco1. The Hall–Kier alpha value is -2.56. The lowest BCUT2D eigenvalue weighted by atomic mass is 9.96. The summed E-state index contributed by atoms with van der Waals surface area (Å²) in [6, 6.07) is 12.6. The zero-order chi connectivity index (χ0) is 18.9. The summed E-state index contributed by atoms with van der Waals surface area (Å²) in [6.45, 7) is 0. The van der Waals surface area contributed by atoms with Crippen molar-refractivity contribution in [1.29, 1.82) is 0 Å². The molecule has 144 valence electrons. The lowest BCUT2D eigenvalue weighted by Crippen LogP contribution is -2.50. The molecule has 27 heavy (non-hydrogen) atoms. The second-order valence-corrected chi connectivity index (χ2v) is 7.24. The van der Waals surface area contributed by atoms with Crippen LogP contribution in [0.2, 0.25) is 0 Å². The molecule has 0 spiro atoms. The van der Waals surface area contributed by atoms with E-state index in [1.807, 2.05) is 30.3 Å². The summed E-state index contributed by atoms with van der Waals surface area (Å²) in [5.41, 5.74) is 1.01. The fourth-order valence-corrected chi connectivity index (χ4v) is 3.60. The van der Waals surface area contributed by atoms with Crippen LogP contribution < -0.4 is 10.6 Å². The molecular weight excluding hydrogens is 340 g/mol. The van der Waals surface area contributed by atoms with Gasteiger partial charge >= 0.3 is 0 Å². The van der Waals surface area contributed by atoms with Gasteiger partial charge in [-0.1, -0.05) is 62.4 Å². The van der Waals surface area contributed by atoms with E-state index in [2.05, 4.69) is 10.6 Å². The number of carbonyl (C=O) groups is 2. The number of carbonyl (C=O) groups excluding carboxylic acids is 2. The maximum atomic E-state index is 13.0. The molecule has 1 aromatic carbocycles. The number of furan rings is 1. The van der Waals surface area contributed by atoms with Crippen molar-refractivity contribution in [3.63, 3.8) is 0 Å². The number of rotatable bonds is 6. The predicted octanol–water partition coefficient (Wildman–Crippen LogP) is 3.85. The van der Waals surface area contributed by atoms with Crippen molar-refractivity contribution < 1.29 is 14.0 Å². The number of hydrogen-bond donors (Lipinski definition) is 2. The summed E-state index contributed by atoms with van der Waals surface area (Å²) in [5, 5.41) is 6.01. The summed E-state index contributed by atoms with van der Waals surface area (Å²) in [5.74, 6) is -0.273. The Morgan fingerprint density at radius 1 is 0.963 bits per heavy atom. The van der Waals surface area contributed by atoms with E-state index in [0.717, 1.165) is 31.2 Å². The average Bonchev–Trinajstić information content (AvgIpc) is 3.19. The second-order valence-electron chi connectivity index (χ2n) is 7.24. The lowest BCUT2D eigenvalue weighted by Gasteiger charge is -2.25. The Kier molecular flexibility index (Phi) is 7.08. The van der Waals surface area contributed by atoms with E-state index in [4.69, 9.17) is 4.42 Å². The normalized spacial score (nSPS) is 16.7. The highest BCUT2D eigenvalue weighted by molar-refractivity contribution is 5.95. The van der Waals surface area contributed by atoms with E-state index in [-0.39, 0.29) is 23.6 Å². The number of benzene rings is 1. The fraction of sp³-hybridized carbons (Fsp3) is 0.455. The molecule has 0 radical (unpaired) electrons. The molecule has 1 aliphatic rings. The topological polar surface area (TPSA) is 71.3 Å². The zero-order valence-corrected chi connectivity index (χ0v) is 15.7. The smallest absolute Gasteiger partial charge is 0.287 e. The quantitative estimate of drug-likeness (QED) is 0.813. The Labute approximate surface area is 160 Å². The third-order valence-corrected chi connectivity index (χ3v) is 5.10. The molecule has 2 aromatic rings. The van der Waals surface area contributed by atoms with Crippen molar-refractivity contribution in [2.45, 2.75) is 63.5 Å². The Balaban J connectivity index is 1.67. The lowest BCUT2D eigenvalue weighted by molar-refractivity contribution is -0.123. The molecule has 1 saturated carbocycles. The largest absolute Gasteiger partial charge is 0.459 e. The molecule has 2 N–H and O–H groups in total. The van der Waals surface area contributed by atoms with E-state index in [0.29, 0.717) is 6.42 Å². The van der Waals surface area contributed by atoms with Crippen molar-refractivity contribution in [1.82, 2.24) is 10.6 Å². The minimum atomic E-state index is -0.629. The molecular formula is C22H28N2O3. The summed E-state index contributed by atoms with van der Waals surface area (Å²) in [4.78, 5) is 25.4. The second kappa shape index (κ2) is 9.95. The van der Waals surface area contributed by atoms with Gasteiger partial charge in [0.1, 0.15) is 6.04 Å². The van der Waals surface area contributed by atoms with Gasteiger partial charge in [-0.05, 0) is 30.5 Å². The van der Waals surface area contributed by atoms with Gasteiger partial charge in [0, 0.05) is 12.5 Å². The van der Waals surface area contributed by atoms with Gasteiger partial charge in [0.05, 0.1) is 6.26 Å². The van der Waals surface area contributed by atoms with Crippen LogP contribution in [0.3, 0.4) is 0 Å². The van der Waals surface area contributed by atoms with Gasteiger partial charge in [-0.3, -0.25) is 9.59 Å².